The summed E-state index contributed by atoms with van der Waals surface area (Å²) < 4.78 is 0. The van der Waals surface area contributed by atoms with Crippen molar-refractivity contribution in [2.75, 3.05) is 0 Å². The Kier molecular flexibility index (Phi) is 2.47. The van der Waals surface area contributed by atoms with Gasteiger partial charge in [-0.1, -0.05) is 24.3 Å². The fraction of sp³-hybridized carbons (Fsp3) is 0.643. The first-order valence-electron chi connectivity index (χ1n) is 6.32. The molecule has 0 aromatic rings. The monoisotopic (exact) mass is 201 g/mol. The third-order valence-corrected chi connectivity index (χ3v) is 4.04. The summed E-state index contributed by atoms with van der Waals surface area (Å²) in [6, 6.07) is 0.573. The van der Waals surface area contributed by atoms with E-state index in [9.17, 15) is 0 Å². The molecule has 0 N–H and O–H groups in total. The molecule has 0 spiro atoms. The van der Waals surface area contributed by atoms with Crippen LogP contribution in [0, 0.1) is 17.8 Å². The second kappa shape index (κ2) is 3.96. The molecule has 0 bridgehead atoms. The highest BCUT2D eigenvalue weighted by atomic mass is 14.9. The molecule has 3 aliphatic rings. The van der Waals surface area contributed by atoms with Crippen molar-refractivity contribution in [3.8, 4) is 0 Å². The van der Waals surface area contributed by atoms with Gasteiger partial charge >= 0.3 is 0 Å². The van der Waals surface area contributed by atoms with Crippen LogP contribution >= 0.6 is 0 Å². The highest BCUT2D eigenvalue weighted by Gasteiger charge is 2.29. The third kappa shape index (κ3) is 2.06. The van der Waals surface area contributed by atoms with Gasteiger partial charge in [-0.15, -0.1) is 0 Å². The van der Waals surface area contributed by atoms with Gasteiger partial charge in [0.05, 0.1) is 6.04 Å². The Morgan fingerprint density at radius 3 is 2.20 bits per heavy atom. The molecule has 3 unspecified atom stereocenters. The van der Waals surface area contributed by atoms with E-state index in [4.69, 9.17) is 0 Å². The average molecular weight is 201 g/mol. The predicted molar refractivity (Wildman–Crippen MR) is 64.1 cm³/mol. The molecule has 4 atom stereocenters. The van der Waals surface area contributed by atoms with Gasteiger partial charge in [0.15, 0.2) is 0 Å². The lowest BCUT2D eigenvalue weighted by Crippen LogP contribution is -2.20. The van der Waals surface area contributed by atoms with Crippen LogP contribution < -0.4 is 0 Å². The van der Waals surface area contributed by atoms with E-state index in [1.807, 2.05) is 0 Å². The van der Waals surface area contributed by atoms with E-state index in [0.29, 0.717) is 6.04 Å². The molecule has 15 heavy (non-hydrogen) atoms. The molecule has 0 amide bonds. The van der Waals surface area contributed by atoms with E-state index in [-0.39, 0.29) is 0 Å². The average Bonchev–Trinajstić information content (AvgIpc) is 3.15. The van der Waals surface area contributed by atoms with Crippen LogP contribution in [-0.2, 0) is 0 Å². The van der Waals surface area contributed by atoms with Crippen LogP contribution in [0.1, 0.15) is 32.1 Å². The fourth-order valence-electron chi connectivity index (χ4n) is 2.97. The minimum absolute atomic E-state index is 0.573. The number of hydrogen-bond acceptors (Lipinski definition) is 1. The van der Waals surface area contributed by atoms with Crippen LogP contribution in [0.15, 0.2) is 29.3 Å². The van der Waals surface area contributed by atoms with Crippen LogP contribution in [0.4, 0.5) is 0 Å². The SMILES string of the molecule is C1=CC([C@@H]2C=CC(C3C=N3)CC2)CCC1. The van der Waals surface area contributed by atoms with Crippen molar-refractivity contribution >= 4 is 6.21 Å². The van der Waals surface area contributed by atoms with E-state index in [0.717, 1.165) is 17.8 Å². The van der Waals surface area contributed by atoms with Gasteiger partial charge in [-0.25, -0.2) is 0 Å². The van der Waals surface area contributed by atoms with Gasteiger partial charge in [0.2, 0.25) is 0 Å². The first-order chi connectivity index (χ1) is 7.43. The summed E-state index contributed by atoms with van der Waals surface area (Å²) in [6.45, 7) is 0. The maximum absolute atomic E-state index is 4.27. The highest BCUT2D eigenvalue weighted by molar-refractivity contribution is 5.78. The van der Waals surface area contributed by atoms with E-state index in [1.165, 1.54) is 32.1 Å². The second-order valence-electron chi connectivity index (χ2n) is 5.10. The van der Waals surface area contributed by atoms with Crippen LogP contribution in [-0.4, -0.2) is 12.3 Å². The topological polar surface area (TPSA) is 12.4 Å². The van der Waals surface area contributed by atoms with E-state index in [1.54, 1.807) is 0 Å². The first kappa shape index (κ1) is 9.38. The Balaban J connectivity index is 1.61. The second-order valence-corrected chi connectivity index (χ2v) is 5.10. The molecule has 0 aromatic carbocycles. The molecular formula is C14H19N. The van der Waals surface area contributed by atoms with E-state index >= 15 is 0 Å². The minimum atomic E-state index is 0.573. The van der Waals surface area contributed by atoms with E-state index < -0.39 is 0 Å². The normalized spacial score (nSPS) is 43.2. The third-order valence-electron chi connectivity index (χ3n) is 4.04. The minimum Gasteiger partial charge on any atom is -0.286 e. The molecule has 3 rings (SSSR count). The zero-order valence-corrected chi connectivity index (χ0v) is 9.18. The summed E-state index contributed by atoms with van der Waals surface area (Å²) in [5.41, 5.74) is 0. The van der Waals surface area contributed by atoms with E-state index in [2.05, 4.69) is 35.5 Å². The summed E-state index contributed by atoms with van der Waals surface area (Å²) in [5.74, 6) is 2.38. The van der Waals surface area contributed by atoms with Gasteiger partial charge in [-0.2, -0.15) is 0 Å². The van der Waals surface area contributed by atoms with Crippen LogP contribution in [0.2, 0.25) is 0 Å². The number of rotatable bonds is 2. The molecule has 1 heteroatoms. The standard InChI is InChI=1S/C14H19N/c1-2-4-11(5-3-1)12-6-8-13(9-7-12)14-10-15-14/h2,4,6,8,10-14H,1,3,5,7,9H2/t11?,12-,13?,14?/m1/s1. The van der Waals surface area contributed by atoms with Gasteiger partial charge in [0.25, 0.3) is 0 Å². The van der Waals surface area contributed by atoms with Crippen molar-refractivity contribution in [1.29, 1.82) is 0 Å². The van der Waals surface area contributed by atoms with Crippen LogP contribution in [0.3, 0.4) is 0 Å². The van der Waals surface area contributed by atoms with Gasteiger partial charge in [-0.05, 0) is 43.9 Å². The fourth-order valence-corrected chi connectivity index (χ4v) is 2.97. The molecule has 0 radical (unpaired) electrons. The van der Waals surface area contributed by atoms with Crippen molar-refractivity contribution in [3.05, 3.63) is 24.3 Å². The number of nitrogens with zero attached hydrogens (tertiary/aromatic N) is 1. The Hall–Kier alpha value is -0.850. The quantitative estimate of drug-likeness (QED) is 0.607. The summed E-state index contributed by atoms with van der Waals surface area (Å²) in [6.07, 6.45) is 18.6. The summed E-state index contributed by atoms with van der Waals surface area (Å²) in [4.78, 5) is 4.27. The Morgan fingerprint density at radius 1 is 0.867 bits per heavy atom. The molecule has 0 fully saturated rings. The van der Waals surface area contributed by atoms with Crippen LogP contribution in [0.25, 0.3) is 0 Å². The molecule has 0 saturated carbocycles. The lowest BCUT2D eigenvalue weighted by Gasteiger charge is -2.29. The molecule has 0 aromatic heterocycles. The predicted octanol–water partition coefficient (Wildman–Crippen LogP) is 3.38. The van der Waals surface area contributed by atoms with Gasteiger partial charge in [-0.3, -0.25) is 4.99 Å². The Morgan fingerprint density at radius 2 is 1.60 bits per heavy atom. The maximum atomic E-state index is 4.27. The van der Waals surface area contributed by atoms with Gasteiger partial charge in [0, 0.05) is 12.1 Å². The summed E-state index contributed by atoms with van der Waals surface area (Å²) >= 11 is 0. The van der Waals surface area contributed by atoms with Crippen LogP contribution in [0.5, 0.6) is 0 Å². The number of allylic oxidation sites excluding steroid dienone is 3. The largest absolute Gasteiger partial charge is 0.286 e. The zero-order chi connectivity index (χ0) is 10.1. The van der Waals surface area contributed by atoms with Crippen molar-refractivity contribution in [2.24, 2.45) is 22.7 Å². The smallest absolute Gasteiger partial charge is 0.0905 e. The molecular weight excluding hydrogens is 182 g/mol. The lowest BCUT2D eigenvalue weighted by atomic mass is 9.76. The van der Waals surface area contributed by atoms with Gasteiger partial charge < -0.3 is 0 Å². The molecule has 1 nitrogen and oxygen atoms in total. The molecule has 1 heterocycles. The van der Waals surface area contributed by atoms with Crippen molar-refractivity contribution < 1.29 is 0 Å². The number of aliphatic imine (C=N–C) groups is 1. The lowest BCUT2D eigenvalue weighted by molar-refractivity contribution is 0.354. The maximum Gasteiger partial charge on any atom is 0.0905 e. The van der Waals surface area contributed by atoms with Gasteiger partial charge in [0.1, 0.15) is 0 Å². The van der Waals surface area contributed by atoms with Crippen molar-refractivity contribution in [1.82, 2.24) is 0 Å². The summed E-state index contributed by atoms with van der Waals surface area (Å²) in [5, 5.41) is 0. The van der Waals surface area contributed by atoms with Crippen molar-refractivity contribution in [2.45, 2.75) is 38.1 Å². The molecule has 1 aliphatic heterocycles. The first-order valence-corrected chi connectivity index (χ1v) is 6.32. The number of hydrogen-bond donors (Lipinski definition) is 0. The molecule has 80 valence electrons. The Labute approximate surface area is 92.0 Å². The Bertz CT molecular complexity index is 307. The van der Waals surface area contributed by atoms with Crippen molar-refractivity contribution in [3.63, 3.8) is 0 Å². The molecule has 0 saturated heterocycles. The molecule has 2 aliphatic carbocycles. The zero-order valence-electron chi connectivity index (χ0n) is 9.18. The summed E-state index contributed by atoms with van der Waals surface area (Å²) in [7, 11) is 0. The highest BCUT2D eigenvalue weighted by Crippen LogP contribution is 2.35.